The van der Waals surface area contributed by atoms with Crippen molar-refractivity contribution in [3.05, 3.63) is 0 Å². The summed E-state index contributed by atoms with van der Waals surface area (Å²) in [5.41, 5.74) is 0. The molecule has 0 aromatic heterocycles. The molecule has 0 rings (SSSR count). The molecule has 0 aromatic carbocycles. The van der Waals surface area contributed by atoms with Crippen LogP contribution < -0.4 is 10.6 Å². The Morgan fingerprint density at radius 2 is 2.07 bits per heavy atom. The van der Waals surface area contributed by atoms with Crippen molar-refractivity contribution in [2.45, 2.75) is 33.2 Å². The van der Waals surface area contributed by atoms with Crippen LogP contribution in [0.15, 0.2) is 0 Å². The fraction of sp³-hybridized carbons (Fsp3) is 0.900. The molecule has 2 N–H and O–H groups in total. The van der Waals surface area contributed by atoms with Crippen LogP contribution in [-0.2, 0) is 4.79 Å². The minimum Gasteiger partial charge on any atom is -0.355 e. The van der Waals surface area contributed by atoms with Gasteiger partial charge in [0.25, 0.3) is 0 Å². The smallest absolute Gasteiger partial charge is 0.236 e. The molecule has 4 heteroatoms. The Labute approximate surface area is 91.4 Å². The fourth-order valence-corrected chi connectivity index (χ4v) is 1.54. The second-order valence-electron chi connectivity index (χ2n) is 3.16. The topological polar surface area (TPSA) is 41.1 Å². The Morgan fingerprint density at radius 3 is 2.64 bits per heavy atom. The molecule has 0 saturated carbocycles. The highest BCUT2D eigenvalue weighted by Crippen LogP contribution is 1.95. The summed E-state index contributed by atoms with van der Waals surface area (Å²) in [5, 5.41) is 6.06. The lowest BCUT2D eigenvalue weighted by atomic mass is 10.3. The van der Waals surface area contributed by atoms with E-state index in [2.05, 4.69) is 24.5 Å². The molecular weight excluding hydrogens is 196 g/mol. The maximum Gasteiger partial charge on any atom is 0.236 e. The fourth-order valence-electron chi connectivity index (χ4n) is 0.986. The van der Waals surface area contributed by atoms with Gasteiger partial charge in [-0.25, -0.2) is 0 Å². The van der Waals surface area contributed by atoms with Crippen LogP contribution in [0.5, 0.6) is 0 Å². The highest BCUT2D eigenvalue weighted by Gasteiger charge is 2.09. The van der Waals surface area contributed by atoms with E-state index in [9.17, 15) is 4.79 Å². The molecule has 0 aliphatic heterocycles. The molecule has 0 radical (unpaired) electrons. The third kappa shape index (κ3) is 7.21. The molecule has 84 valence electrons. The van der Waals surface area contributed by atoms with Crippen LogP contribution in [0, 0.1) is 0 Å². The number of nitrogens with one attached hydrogen (secondary N) is 2. The average molecular weight is 218 g/mol. The molecule has 0 saturated heterocycles. The number of carbonyl (C=O) groups excluding carboxylic acids is 1. The Bertz CT molecular complexity index is 153. The molecule has 3 nitrogen and oxygen atoms in total. The first kappa shape index (κ1) is 13.8. The maximum absolute atomic E-state index is 11.4. The maximum atomic E-state index is 11.4. The summed E-state index contributed by atoms with van der Waals surface area (Å²) < 4.78 is 0. The van der Waals surface area contributed by atoms with Crippen molar-refractivity contribution in [1.82, 2.24) is 10.6 Å². The van der Waals surface area contributed by atoms with Crippen molar-refractivity contribution in [3.8, 4) is 0 Å². The molecular formula is C10H22N2OS. The minimum absolute atomic E-state index is 0.0704. The number of hydrogen-bond donors (Lipinski definition) is 2. The lowest BCUT2D eigenvalue weighted by molar-refractivity contribution is -0.122. The summed E-state index contributed by atoms with van der Waals surface area (Å²) in [4.78, 5) is 11.4. The highest BCUT2D eigenvalue weighted by atomic mass is 32.2. The summed E-state index contributed by atoms with van der Waals surface area (Å²) in [6, 6.07) is -0.0704. The van der Waals surface area contributed by atoms with Gasteiger partial charge >= 0.3 is 0 Å². The number of thioether (sulfide) groups is 1. The zero-order valence-electron chi connectivity index (χ0n) is 9.43. The van der Waals surface area contributed by atoms with Crippen LogP contribution in [0.1, 0.15) is 27.2 Å². The van der Waals surface area contributed by atoms with Crippen LogP contribution in [0.3, 0.4) is 0 Å². The molecule has 0 aliphatic carbocycles. The van der Waals surface area contributed by atoms with Gasteiger partial charge in [-0.2, -0.15) is 11.8 Å². The van der Waals surface area contributed by atoms with E-state index >= 15 is 0 Å². The predicted molar refractivity (Wildman–Crippen MR) is 63.8 cm³/mol. The Balaban J connectivity index is 3.42. The summed E-state index contributed by atoms with van der Waals surface area (Å²) in [5.74, 6) is 2.31. The monoisotopic (exact) mass is 218 g/mol. The average Bonchev–Trinajstić information content (AvgIpc) is 2.20. The van der Waals surface area contributed by atoms with Crippen LogP contribution >= 0.6 is 11.8 Å². The predicted octanol–water partition coefficient (Wildman–Crippen LogP) is 1.24. The summed E-state index contributed by atoms with van der Waals surface area (Å²) in [6.07, 6.45) is 0.990. The summed E-state index contributed by atoms with van der Waals surface area (Å²) in [7, 11) is 0. The summed E-state index contributed by atoms with van der Waals surface area (Å²) >= 11 is 1.89. The summed E-state index contributed by atoms with van der Waals surface area (Å²) in [6.45, 7) is 7.77. The van der Waals surface area contributed by atoms with Crippen LogP contribution in [0.25, 0.3) is 0 Å². The van der Waals surface area contributed by atoms with Gasteiger partial charge in [0.1, 0.15) is 0 Å². The normalized spacial score (nSPS) is 12.5. The van der Waals surface area contributed by atoms with Gasteiger partial charge in [-0.1, -0.05) is 13.8 Å². The van der Waals surface area contributed by atoms with E-state index in [0.29, 0.717) is 0 Å². The molecule has 0 fully saturated rings. The molecule has 1 atom stereocenters. The first-order valence-corrected chi connectivity index (χ1v) is 6.46. The molecule has 0 aliphatic rings. The Morgan fingerprint density at radius 1 is 1.36 bits per heavy atom. The van der Waals surface area contributed by atoms with E-state index in [-0.39, 0.29) is 11.9 Å². The van der Waals surface area contributed by atoms with Crippen molar-refractivity contribution in [1.29, 1.82) is 0 Å². The van der Waals surface area contributed by atoms with E-state index < -0.39 is 0 Å². The number of amides is 1. The molecule has 0 aromatic rings. The SMILES string of the molecule is CCCNC(=O)C(C)NCCSCC. The van der Waals surface area contributed by atoms with Crippen molar-refractivity contribution >= 4 is 17.7 Å². The number of hydrogen-bond acceptors (Lipinski definition) is 3. The van der Waals surface area contributed by atoms with Crippen molar-refractivity contribution in [3.63, 3.8) is 0 Å². The molecule has 0 bridgehead atoms. The number of rotatable bonds is 8. The van der Waals surface area contributed by atoms with Crippen molar-refractivity contribution < 1.29 is 4.79 Å². The van der Waals surface area contributed by atoms with Gasteiger partial charge in [0.15, 0.2) is 0 Å². The lowest BCUT2D eigenvalue weighted by Gasteiger charge is -2.13. The molecule has 0 heterocycles. The van der Waals surface area contributed by atoms with Crippen LogP contribution in [0.4, 0.5) is 0 Å². The third-order valence-electron chi connectivity index (χ3n) is 1.84. The van der Waals surface area contributed by atoms with Crippen LogP contribution in [-0.4, -0.2) is 36.5 Å². The molecule has 0 spiro atoms. The van der Waals surface area contributed by atoms with E-state index in [1.165, 1.54) is 0 Å². The first-order valence-electron chi connectivity index (χ1n) is 5.31. The largest absolute Gasteiger partial charge is 0.355 e. The van der Waals surface area contributed by atoms with Crippen molar-refractivity contribution in [2.24, 2.45) is 0 Å². The Kier molecular flexibility index (Phi) is 9.19. The number of carbonyl (C=O) groups is 1. The van der Waals surface area contributed by atoms with Gasteiger partial charge in [-0.3, -0.25) is 4.79 Å². The van der Waals surface area contributed by atoms with Crippen molar-refractivity contribution in [2.75, 3.05) is 24.6 Å². The van der Waals surface area contributed by atoms with Gasteiger partial charge < -0.3 is 10.6 Å². The van der Waals surface area contributed by atoms with Crippen LogP contribution in [0.2, 0.25) is 0 Å². The molecule has 14 heavy (non-hydrogen) atoms. The minimum atomic E-state index is -0.0704. The molecule has 1 unspecified atom stereocenters. The van der Waals surface area contributed by atoms with E-state index in [4.69, 9.17) is 0 Å². The third-order valence-corrected chi connectivity index (χ3v) is 2.74. The Hall–Kier alpha value is -0.220. The zero-order chi connectivity index (χ0) is 10.8. The lowest BCUT2D eigenvalue weighted by Crippen LogP contribution is -2.43. The van der Waals surface area contributed by atoms with Gasteiger partial charge in [0, 0.05) is 18.8 Å². The van der Waals surface area contributed by atoms with Gasteiger partial charge in [0.05, 0.1) is 6.04 Å². The van der Waals surface area contributed by atoms with E-state index in [1.807, 2.05) is 18.7 Å². The quantitative estimate of drug-likeness (QED) is 0.602. The second kappa shape index (κ2) is 9.34. The second-order valence-corrected chi connectivity index (χ2v) is 4.56. The highest BCUT2D eigenvalue weighted by molar-refractivity contribution is 7.99. The standard InChI is InChI=1S/C10H22N2OS/c1-4-6-12-10(13)9(3)11-7-8-14-5-2/h9,11H,4-8H2,1-3H3,(H,12,13). The molecule has 1 amide bonds. The van der Waals surface area contributed by atoms with Gasteiger partial charge in [0.2, 0.25) is 5.91 Å². The van der Waals surface area contributed by atoms with Gasteiger partial charge in [-0.15, -0.1) is 0 Å². The van der Waals surface area contributed by atoms with E-state index in [0.717, 1.165) is 31.0 Å². The first-order chi connectivity index (χ1) is 6.72. The zero-order valence-corrected chi connectivity index (χ0v) is 10.2. The van der Waals surface area contributed by atoms with Gasteiger partial charge in [-0.05, 0) is 19.1 Å². The van der Waals surface area contributed by atoms with E-state index in [1.54, 1.807) is 0 Å².